The third-order valence-corrected chi connectivity index (χ3v) is 3.81. The lowest BCUT2D eigenvalue weighted by atomic mass is 10.1. The Kier molecular flexibility index (Phi) is 4.94. The van der Waals surface area contributed by atoms with E-state index in [0.29, 0.717) is 17.3 Å². The predicted octanol–water partition coefficient (Wildman–Crippen LogP) is 4.77. The molecule has 1 aliphatic carbocycles. The van der Waals surface area contributed by atoms with Crippen LogP contribution in [0.15, 0.2) is 18.2 Å². The summed E-state index contributed by atoms with van der Waals surface area (Å²) in [5.41, 5.74) is 0.376. The first-order valence-corrected chi connectivity index (χ1v) is 7.81. The molecule has 1 aromatic carbocycles. The Bertz CT molecular complexity index is 540. The van der Waals surface area contributed by atoms with Crippen molar-refractivity contribution in [2.75, 3.05) is 10.6 Å². The molecule has 1 fully saturated rings. The van der Waals surface area contributed by atoms with Crippen molar-refractivity contribution in [2.24, 2.45) is 5.92 Å². The molecule has 0 radical (unpaired) electrons. The number of anilines is 2. The standard InChI is InChI=1S/C17H25FN2O2/c1-11-6-5-7-14(11)20-15-10-12(8-9-13(15)18)19-16(21)22-17(2,3)4/h8-11,14,20H,5-7H2,1-4H3,(H,19,21). The van der Waals surface area contributed by atoms with Gasteiger partial charge in [-0.3, -0.25) is 5.32 Å². The van der Waals surface area contributed by atoms with E-state index in [1.54, 1.807) is 26.8 Å². The summed E-state index contributed by atoms with van der Waals surface area (Å²) in [5, 5.41) is 5.89. The number of amides is 1. The Balaban J connectivity index is 2.04. The van der Waals surface area contributed by atoms with Crippen molar-refractivity contribution < 1.29 is 13.9 Å². The first-order chi connectivity index (χ1) is 10.2. The van der Waals surface area contributed by atoms with E-state index >= 15 is 0 Å². The Hall–Kier alpha value is -1.78. The van der Waals surface area contributed by atoms with Gasteiger partial charge >= 0.3 is 6.09 Å². The molecule has 0 heterocycles. The molecular weight excluding hydrogens is 283 g/mol. The van der Waals surface area contributed by atoms with E-state index in [4.69, 9.17) is 4.74 Å². The van der Waals surface area contributed by atoms with Crippen LogP contribution in [0.2, 0.25) is 0 Å². The van der Waals surface area contributed by atoms with Crippen LogP contribution in [0.4, 0.5) is 20.6 Å². The zero-order valence-electron chi connectivity index (χ0n) is 13.7. The molecule has 5 heteroatoms. The molecule has 2 N–H and O–H groups in total. The highest BCUT2D eigenvalue weighted by molar-refractivity contribution is 5.85. The van der Waals surface area contributed by atoms with E-state index in [9.17, 15) is 9.18 Å². The minimum absolute atomic E-state index is 0.284. The highest BCUT2D eigenvalue weighted by Gasteiger charge is 2.24. The molecule has 4 nitrogen and oxygen atoms in total. The van der Waals surface area contributed by atoms with Gasteiger partial charge in [-0.1, -0.05) is 13.3 Å². The third-order valence-electron chi connectivity index (χ3n) is 3.81. The summed E-state index contributed by atoms with van der Waals surface area (Å²) in [6.45, 7) is 7.56. The quantitative estimate of drug-likeness (QED) is 0.845. The predicted molar refractivity (Wildman–Crippen MR) is 86.7 cm³/mol. The van der Waals surface area contributed by atoms with E-state index in [1.165, 1.54) is 12.1 Å². The molecule has 0 aliphatic heterocycles. The molecule has 1 aromatic rings. The normalized spacial score (nSPS) is 21.5. The number of rotatable bonds is 3. The maximum atomic E-state index is 14.0. The zero-order valence-corrected chi connectivity index (χ0v) is 13.7. The van der Waals surface area contributed by atoms with Crippen LogP contribution in [0.5, 0.6) is 0 Å². The van der Waals surface area contributed by atoms with Crippen LogP contribution in [0, 0.1) is 11.7 Å². The Morgan fingerprint density at radius 3 is 2.64 bits per heavy atom. The molecule has 0 spiro atoms. The molecule has 0 bridgehead atoms. The fraction of sp³-hybridized carbons (Fsp3) is 0.588. The van der Waals surface area contributed by atoms with Crippen molar-refractivity contribution in [3.05, 3.63) is 24.0 Å². The van der Waals surface area contributed by atoms with Gasteiger partial charge in [0, 0.05) is 11.7 Å². The minimum atomic E-state index is -0.565. The average Bonchev–Trinajstić information content (AvgIpc) is 2.77. The maximum Gasteiger partial charge on any atom is 0.412 e. The van der Waals surface area contributed by atoms with Crippen LogP contribution in [0.1, 0.15) is 47.0 Å². The molecule has 22 heavy (non-hydrogen) atoms. The second-order valence-electron chi connectivity index (χ2n) is 6.98. The van der Waals surface area contributed by atoms with Crippen LogP contribution < -0.4 is 10.6 Å². The van der Waals surface area contributed by atoms with E-state index in [2.05, 4.69) is 17.6 Å². The summed E-state index contributed by atoms with van der Waals surface area (Å²) >= 11 is 0. The fourth-order valence-electron chi connectivity index (χ4n) is 2.69. The Labute approximate surface area is 131 Å². The first kappa shape index (κ1) is 16.6. The largest absolute Gasteiger partial charge is 0.444 e. The molecule has 1 saturated carbocycles. The Morgan fingerprint density at radius 2 is 2.05 bits per heavy atom. The van der Waals surface area contributed by atoms with Crippen LogP contribution in [0.25, 0.3) is 0 Å². The van der Waals surface area contributed by atoms with Gasteiger partial charge in [0.05, 0.1) is 5.69 Å². The lowest BCUT2D eigenvalue weighted by Gasteiger charge is -2.21. The van der Waals surface area contributed by atoms with Crippen molar-refractivity contribution in [1.29, 1.82) is 0 Å². The summed E-state index contributed by atoms with van der Waals surface area (Å²) in [4.78, 5) is 11.8. The molecule has 2 atom stereocenters. The van der Waals surface area contributed by atoms with E-state index < -0.39 is 11.7 Å². The van der Waals surface area contributed by atoms with Gasteiger partial charge in [-0.25, -0.2) is 9.18 Å². The van der Waals surface area contributed by atoms with Gasteiger partial charge in [0.2, 0.25) is 0 Å². The van der Waals surface area contributed by atoms with Crippen LogP contribution in [-0.4, -0.2) is 17.7 Å². The van der Waals surface area contributed by atoms with Crippen LogP contribution in [-0.2, 0) is 4.74 Å². The van der Waals surface area contributed by atoms with Gasteiger partial charge in [-0.2, -0.15) is 0 Å². The van der Waals surface area contributed by atoms with E-state index in [1.807, 2.05) is 0 Å². The number of ether oxygens (including phenoxy) is 1. The number of carbonyl (C=O) groups excluding carboxylic acids is 1. The van der Waals surface area contributed by atoms with E-state index in [-0.39, 0.29) is 11.9 Å². The van der Waals surface area contributed by atoms with Crippen molar-refractivity contribution >= 4 is 17.5 Å². The van der Waals surface area contributed by atoms with Gasteiger partial charge in [0.15, 0.2) is 0 Å². The first-order valence-electron chi connectivity index (χ1n) is 7.81. The van der Waals surface area contributed by atoms with Crippen LogP contribution in [0.3, 0.4) is 0 Å². The number of nitrogens with one attached hydrogen (secondary N) is 2. The summed E-state index contributed by atoms with van der Waals surface area (Å²) in [5.74, 6) is 0.218. The molecular formula is C17H25FN2O2. The van der Waals surface area contributed by atoms with Gasteiger partial charge in [0.25, 0.3) is 0 Å². The number of halogens is 1. The Morgan fingerprint density at radius 1 is 1.32 bits per heavy atom. The minimum Gasteiger partial charge on any atom is -0.444 e. The van der Waals surface area contributed by atoms with Gasteiger partial charge < -0.3 is 10.1 Å². The van der Waals surface area contributed by atoms with Crippen molar-refractivity contribution in [3.8, 4) is 0 Å². The molecule has 0 aromatic heterocycles. The summed E-state index contributed by atoms with van der Waals surface area (Å²) in [6.07, 6.45) is 2.83. The number of hydrogen-bond acceptors (Lipinski definition) is 3. The highest BCUT2D eigenvalue weighted by atomic mass is 19.1. The molecule has 0 saturated heterocycles. The molecule has 122 valence electrons. The molecule has 2 rings (SSSR count). The highest BCUT2D eigenvalue weighted by Crippen LogP contribution is 2.30. The number of carbonyl (C=O) groups is 1. The summed E-state index contributed by atoms with van der Waals surface area (Å²) < 4.78 is 19.2. The van der Waals surface area contributed by atoms with Crippen molar-refractivity contribution in [2.45, 2.75) is 58.6 Å². The lowest BCUT2D eigenvalue weighted by Crippen LogP contribution is -2.27. The molecule has 2 unspecified atom stereocenters. The van der Waals surface area contributed by atoms with Gasteiger partial charge in [-0.05, 0) is 57.7 Å². The molecule has 1 amide bonds. The van der Waals surface area contributed by atoms with Crippen LogP contribution >= 0.6 is 0 Å². The monoisotopic (exact) mass is 308 g/mol. The topological polar surface area (TPSA) is 50.4 Å². The van der Waals surface area contributed by atoms with Crippen molar-refractivity contribution in [3.63, 3.8) is 0 Å². The zero-order chi connectivity index (χ0) is 16.3. The SMILES string of the molecule is CC1CCCC1Nc1cc(NC(=O)OC(C)(C)C)ccc1F. The number of hydrogen-bond donors (Lipinski definition) is 2. The maximum absolute atomic E-state index is 14.0. The van der Waals surface area contributed by atoms with Crippen molar-refractivity contribution in [1.82, 2.24) is 0 Å². The molecule has 1 aliphatic rings. The van der Waals surface area contributed by atoms with E-state index in [0.717, 1.165) is 19.3 Å². The lowest BCUT2D eigenvalue weighted by molar-refractivity contribution is 0.0636. The second-order valence-corrected chi connectivity index (χ2v) is 6.98. The summed E-state index contributed by atoms with van der Waals surface area (Å²) in [7, 11) is 0. The third kappa shape index (κ3) is 4.61. The van der Waals surface area contributed by atoms with Gasteiger partial charge in [0.1, 0.15) is 11.4 Å². The second kappa shape index (κ2) is 6.55. The number of benzene rings is 1. The smallest absolute Gasteiger partial charge is 0.412 e. The fourth-order valence-corrected chi connectivity index (χ4v) is 2.69. The summed E-state index contributed by atoms with van der Waals surface area (Å²) in [6, 6.07) is 4.79. The van der Waals surface area contributed by atoms with Gasteiger partial charge in [-0.15, -0.1) is 0 Å². The average molecular weight is 308 g/mol.